The minimum Gasteiger partial charge on any atom is -0.427 e. The highest BCUT2D eigenvalue weighted by molar-refractivity contribution is 5.69. The largest absolute Gasteiger partial charge is 0.427 e. The van der Waals surface area contributed by atoms with Gasteiger partial charge in [-0.25, -0.2) is 0 Å². The molecule has 29 heavy (non-hydrogen) atoms. The van der Waals surface area contributed by atoms with Crippen molar-refractivity contribution in [2.24, 2.45) is 20.5 Å². The van der Waals surface area contributed by atoms with Crippen molar-refractivity contribution in [3.05, 3.63) is 72.8 Å². The molecule has 0 radical (unpaired) electrons. The lowest BCUT2D eigenvalue weighted by Crippen LogP contribution is -2.00. The molecule has 146 valence electrons. The number of azo groups is 2. The average Bonchev–Trinajstić information content (AvgIpc) is 2.73. The number of ether oxygens (including phenoxy) is 1. The third kappa shape index (κ3) is 6.35. The zero-order chi connectivity index (χ0) is 20.5. The van der Waals surface area contributed by atoms with Gasteiger partial charge in [0.15, 0.2) is 0 Å². The summed E-state index contributed by atoms with van der Waals surface area (Å²) in [5.74, 6) is 0.115. The van der Waals surface area contributed by atoms with Crippen LogP contribution in [0, 0.1) is 0 Å². The Hall–Kier alpha value is -3.87. The monoisotopic (exact) mass is 387 g/mol. The van der Waals surface area contributed by atoms with Crippen molar-refractivity contribution in [3.8, 4) is 5.75 Å². The molecule has 0 atom stereocenters. The zero-order valence-corrected chi connectivity index (χ0v) is 16.2. The van der Waals surface area contributed by atoms with Crippen LogP contribution in [0.4, 0.5) is 28.4 Å². The van der Waals surface area contributed by atoms with Crippen LogP contribution in [0.2, 0.25) is 0 Å². The van der Waals surface area contributed by atoms with Gasteiger partial charge in [-0.1, -0.05) is 0 Å². The van der Waals surface area contributed by atoms with Gasteiger partial charge in [0.2, 0.25) is 0 Å². The third-order valence-electron chi connectivity index (χ3n) is 3.76. The highest BCUT2D eigenvalue weighted by Crippen LogP contribution is 2.25. The van der Waals surface area contributed by atoms with E-state index in [-0.39, 0.29) is 5.97 Å². The molecule has 0 unspecified atom stereocenters. The van der Waals surface area contributed by atoms with Crippen LogP contribution >= 0.6 is 0 Å². The van der Waals surface area contributed by atoms with E-state index in [1.165, 1.54) is 6.92 Å². The van der Waals surface area contributed by atoms with Crippen molar-refractivity contribution in [2.45, 2.75) is 13.8 Å². The molecule has 0 aliphatic carbocycles. The summed E-state index contributed by atoms with van der Waals surface area (Å²) >= 11 is 0. The number of nitrogens with zero attached hydrogens (tertiary/aromatic N) is 4. The van der Waals surface area contributed by atoms with Crippen molar-refractivity contribution < 1.29 is 9.53 Å². The predicted octanol–water partition coefficient (Wildman–Crippen LogP) is 6.87. The lowest BCUT2D eigenvalue weighted by molar-refractivity contribution is -0.131. The molecule has 0 saturated carbocycles. The van der Waals surface area contributed by atoms with Gasteiger partial charge < -0.3 is 10.1 Å². The highest BCUT2D eigenvalue weighted by atomic mass is 16.5. The van der Waals surface area contributed by atoms with Crippen LogP contribution in [0.15, 0.2) is 93.3 Å². The van der Waals surface area contributed by atoms with Gasteiger partial charge >= 0.3 is 5.97 Å². The number of carbonyl (C=O) groups excluding carboxylic acids is 1. The zero-order valence-electron chi connectivity index (χ0n) is 16.2. The van der Waals surface area contributed by atoms with Crippen LogP contribution in [-0.4, -0.2) is 12.5 Å². The standard InChI is InChI=1S/C22H21N5O2/c1-3-23-17-4-6-18(7-5-17)24-25-19-8-10-20(11-9-19)26-27-21-12-14-22(15-13-21)29-16(2)28/h4-15,23H,3H2,1-2H3. The van der Waals surface area contributed by atoms with Gasteiger partial charge in [-0.2, -0.15) is 20.5 Å². The predicted molar refractivity (Wildman–Crippen MR) is 113 cm³/mol. The van der Waals surface area contributed by atoms with Crippen molar-refractivity contribution in [2.75, 3.05) is 11.9 Å². The first kappa shape index (κ1) is 19.9. The molecule has 7 nitrogen and oxygen atoms in total. The molecule has 3 aromatic carbocycles. The number of nitrogens with one attached hydrogen (secondary N) is 1. The molecule has 3 aromatic rings. The normalized spacial score (nSPS) is 11.1. The van der Waals surface area contributed by atoms with E-state index in [4.69, 9.17) is 4.74 Å². The summed E-state index contributed by atoms with van der Waals surface area (Å²) in [4.78, 5) is 10.9. The molecule has 0 aromatic heterocycles. The topological polar surface area (TPSA) is 87.8 Å². The van der Waals surface area contributed by atoms with E-state index in [0.717, 1.165) is 23.6 Å². The molecule has 0 bridgehead atoms. The van der Waals surface area contributed by atoms with Gasteiger partial charge in [-0.3, -0.25) is 4.79 Å². The summed E-state index contributed by atoms with van der Waals surface area (Å²) in [6, 6.07) is 21.9. The van der Waals surface area contributed by atoms with Gasteiger partial charge in [0.05, 0.1) is 22.7 Å². The summed E-state index contributed by atoms with van der Waals surface area (Å²) in [6.45, 7) is 4.29. The molecule has 1 N–H and O–H groups in total. The molecule has 0 fully saturated rings. The lowest BCUT2D eigenvalue weighted by Gasteiger charge is -2.01. The lowest BCUT2D eigenvalue weighted by atomic mass is 10.3. The number of hydrogen-bond acceptors (Lipinski definition) is 7. The minimum absolute atomic E-state index is 0.359. The Bertz CT molecular complexity index is 995. The Morgan fingerprint density at radius 2 is 1.10 bits per heavy atom. The fraction of sp³-hybridized carbons (Fsp3) is 0.136. The number of anilines is 1. The number of esters is 1. The van der Waals surface area contributed by atoms with E-state index >= 15 is 0 Å². The number of carbonyl (C=O) groups is 1. The van der Waals surface area contributed by atoms with Crippen LogP contribution in [0.3, 0.4) is 0 Å². The Morgan fingerprint density at radius 3 is 1.48 bits per heavy atom. The second-order valence-electron chi connectivity index (χ2n) is 6.08. The molecular formula is C22H21N5O2. The van der Waals surface area contributed by atoms with Gasteiger partial charge in [0.1, 0.15) is 5.75 Å². The van der Waals surface area contributed by atoms with Gasteiger partial charge in [-0.05, 0) is 79.7 Å². The fourth-order valence-electron chi connectivity index (χ4n) is 2.41. The third-order valence-corrected chi connectivity index (χ3v) is 3.76. The van der Waals surface area contributed by atoms with Crippen LogP contribution in [0.1, 0.15) is 13.8 Å². The number of benzene rings is 3. The summed E-state index contributed by atoms with van der Waals surface area (Å²) in [6.07, 6.45) is 0. The fourth-order valence-corrected chi connectivity index (χ4v) is 2.41. The summed E-state index contributed by atoms with van der Waals surface area (Å²) in [5, 5.41) is 20.1. The highest BCUT2D eigenvalue weighted by Gasteiger charge is 1.98. The Balaban J connectivity index is 1.59. The van der Waals surface area contributed by atoms with Crippen LogP contribution in [0.25, 0.3) is 0 Å². The Labute approximate surface area is 169 Å². The van der Waals surface area contributed by atoms with E-state index in [1.54, 1.807) is 24.3 Å². The SMILES string of the molecule is CCNc1ccc(N=Nc2ccc(N=Nc3ccc(OC(C)=O)cc3)cc2)cc1. The van der Waals surface area contributed by atoms with Crippen molar-refractivity contribution >= 4 is 34.4 Å². The van der Waals surface area contributed by atoms with Gasteiger partial charge in [0, 0.05) is 19.2 Å². The molecule has 0 aliphatic heterocycles. The number of hydrogen-bond donors (Lipinski definition) is 1. The molecule has 0 amide bonds. The van der Waals surface area contributed by atoms with Crippen molar-refractivity contribution in [3.63, 3.8) is 0 Å². The molecule has 0 saturated heterocycles. The Morgan fingerprint density at radius 1 is 0.724 bits per heavy atom. The first-order valence-electron chi connectivity index (χ1n) is 9.18. The smallest absolute Gasteiger partial charge is 0.308 e. The first-order valence-corrected chi connectivity index (χ1v) is 9.18. The summed E-state index contributed by atoms with van der Waals surface area (Å²) in [7, 11) is 0. The molecular weight excluding hydrogens is 366 g/mol. The van der Waals surface area contributed by atoms with E-state index in [2.05, 4.69) is 32.7 Å². The van der Waals surface area contributed by atoms with Crippen molar-refractivity contribution in [1.29, 1.82) is 0 Å². The molecule has 0 spiro atoms. The van der Waals surface area contributed by atoms with E-state index < -0.39 is 0 Å². The van der Waals surface area contributed by atoms with E-state index in [1.807, 2.05) is 48.5 Å². The maximum atomic E-state index is 10.9. The Kier molecular flexibility index (Phi) is 6.78. The van der Waals surface area contributed by atoms with Gasteiger partial charge in [0.25, 0.3) is 0 Å². The van der Waals surface area contributed by atoms with Crippen LogP contribution in [-0.2, 0) is 4.79 Å². The van der Waals surface area contributed by atoms with Crippen LogP contribution < -0.4 is 10.1 Å². The maximum Gasteiger partial charge on any atom is 0.308 e. The molecule has 0 aliphatic rings. The van der Waals surface area contributed by atoms with E-state index in [0.29, 0.717) is 17.1 Å². The second-order valence-corrected chi connectivity index (χ2v) is 6.08. The average molecular weight is 387 g/mol. The van der Waals surface area contributed by atoms with Gasteiger partial charge in [-0.15, -0.1) is 0 Å². The number of rotatable bonds is 7. The summed E-state index contributed by atoms with van der Waals surface area (Å²) < 4.78 is 4.98. The quantitative estimate of drug-likeness (QED) is 0.272. The van der Waals surface area contributed by atoms with Crippen molar-refractivity contribution in [1.82, 2.24) is 0 Å². The van der Waals surface area contributed by atoms with E-state index in [9.17, 15) is 4.79 Å². The second kappa shape index (κ2) is 9.89. The maximum absolute atomic E-state index is 10.9. The molecule has 3 rings (SSSR count). The van der Waals surface area contributed by atoms with Crippen LogP contribution in [0.5, 0.6) is 5.75 Å². The molecule has 7 heteroatoms. The minimum atomic E-state index is -0.359. The first-order chi connectivity index (χ1) is 14.1. The summed E-state index contributed by atoms with van der Waals surface area (Å²) in [5.41, 5.74) is 3.92. The molecule has 0 heterocycles.